The quantitative estimate of drug-likeness (QED) is 0.827. The number of nitrogens with two attached hydrogens (primary N) is 1. The summed E-state index contributed by atoms with van der Waals surface area (Å²) in [5, 5.41) is 0.396. The zero-order chi connectivity index (χ0) is 11.5. The molecule has 0 saturated heterocycles. The van der Waals surface area contributed by atoms with Crippen molar-refractivity contribution in [2.75, 3.05) is 12.8 Å². The van der Waals surface area contributed by atoms with Crippen molar-refractivity contribution in [1.29, 1.82) is 0 Å². The number of carbonyl (C=O) groups is 1. The first kappa shape index (κ1) is 10.6. The average Bonchev–Trinajstić information content (AvgIpc) is 2.70. The molecule has 0 aliphatic rings. The van der Waals surface area contributed by atoms with Crippen molar-refractivity contribution in [1.82, 2.24) is 4.98 Å². The van der Waals surface area contributed by atoms with Crippen LogP contribution < -0.4 is 10.5 Å². The fraction of sp³-hybridized carbons (Fsp3) is 0.0909. The highest BCUT2D eigenvalue weighted by atomic mass is 32.1. The van der Waals surface area contributed by atoms with E-state index in [2.05, 4.69) is 4.98 Å². The van der Waals surface area contributed by atoms with Crippen LogP contribution in [0.2, 0.25) is 0 Å². The van der Waals surface area contributed by atoms with Crippen LogP contribution in [0.1, 0.15) is 9.67 Å². The molecule has 0 aliphatic carbocycles. The third-order valence-corrected chi connectivity index (χ3v) is 2.95. The van der Waals surface area contributed by atoms with Gasteiger partial charge in [0.2, 0.25) is 0 Å². The molecule has 0 aliphatic heterocycles. The van der Waals surface area contributed by atoms with E-state index in [-0.39, 0.29) is 0 Å². The third-order valence-electron chi connectivity index (χ3n) is 2.14. The molecule has 0 fully saturated rings. The molecule has 4 nitrogen and oxygen atoms in total. The molecule has 0 atom stereocenters. The lowest BCUT2D eigenvalue weighted by molar-refractivity contribution is 0.112. The molecular formula is C11H10N2O2S. The highest BCUT2D eigenvalue weighted by Gasteiger charge is 2.10. The van der Waals surface area contributed by atoms with E-state index in [4.69, 9.17) is 10.5 Å². The fourth-order valence-corrected chi connectivity index (χ4v) is 2.06. The van der Waals surface area contributed by atoms with Gasteiger partial charge in [0, 0.05) is 5.56 Å². The number of ether oxygens (including phenoxy) is 1. The van der Waals surface area contributed by atoms with Crippen molar-refractivity contribution < 1.29 is 9.53 Å². The topological polar surface area (TPSA) is 65.2 Å². The molecule has 82 valence electrons. The Hall–Kier alpha value is -1.88. The fourth-order valence-electron chi connectivity index (χ4n) is 1.38. The number of rotatable bonds is 3. The third kappa shape index (κ3) is 1.90. The van der Waals surface area contributed by atoms with Gasteiger partial charge in [-0.15, -0.1) is 0 Å². The second-order valence-electron chi connectivity index (χ2n) is 3.11. The summed E-state index contributed by atoms with van der Waals surface area (Å²) in [6.45, 7) is 0. The van der Waals surface area contributed by atoms with Gasteiger partial charge in [0.05, 0.1) is 17.7 Å². The first-order valence-electron chi connectivity index (χ1n) is 4.60. The highest BCUT2D eigenvalue weighted by molar-refractivity contribution is 7.17. The molecule has 0 amide bonds. The van der Waals surface area contributed by atoms with Gasteiger partial charge < -0.3 is 10.5 Å². The van der Waals surface area contributed by atoms with Gasteiger partial charge in [-0.3, -0.25) is 4.79 Å². The summed E-state index contributed by atoms with van der Waals surface area (Å²) in [6.07, 6.45) is 0.771. The minimum atomic E-state index is 0.396. The Morgan fingerprint density at radius 3 is 2.62 bits per heavy atom. The van der Waals surface area contributed by atoms with E-state index in [0.29, 0.717) is 15.7 Å². The smallest absolute Gasteiger partial charge is 0.181 e. The van der Waals surface area contributed by atoms with Crippen molar-refractivity contribution in [3.05, 3.63) is 29.1 Å². The second-order valence-corrected chi connectivity index (χ2v) is 4.17. The van der Waals surface area contributed by atoms with Crippen molar-refractivity contribution in [2.24, 2.45) is 0 Å². The van der Waals surface area contributed by atoms with Crippen molar-refractivity contribution >= 4 is 22.8 Å². The van der Waals surface area contributed by atoms with Gasteiger partial charge in [-0.2, -0.15) is 0 Å². The monoisotopic (exact) mass is 234 g/mol. The molecule has 2 N–H and O–H groups in total. The second kappa shape index (κ2) is 4.32. The number of nitrogens with zero attached hydrogens (tertiary/aromatic N) is 1. The number of aldehydes is 1. The number of hydrogen-bond acceptors (Lipinski definition) is 5. The SMILES string of the molecule is COc1ccc(-c2nc(N)sc2C=O)cc1. The molecule has 0 unspecified atom stereocenters. The standard InChI is InChI=1S/C11H10N2O2S/c1-15-8-4-2-7(3-5-8)10-9(6-14)16-11(12)13-10/h2-6H,1H3,(H2,12,13). The van der Waals surface area contributed by atoms with Crippen LogP contribution in [0, 0.1) is 0 Å². The van der Waals surface area contributed by atoms with Gasteiger partial charge in [-0.05, 0) is 24.3 Å². The minimum absolute atomic E-state index is 0.396. The lowest BCUT2D eigenvalue weighted by Gasteiger charge is -2.01. The van der Waals surface area contributed by atoms with Crippen molar-refractivity contribution in [3.8, 4) is 17.0 Å². The molecule has 16 heavy (non-hydrogen) atoms. The van der Waals surface area contributed by atoms with E-state index in [1.54, 1.807) is 7.11 Å². The van der Waals surface area contributed by atoms with E-state index >= 15 is 0 Å². The number of anilines is 1. The average molecular weight is 234 g/mol. The predicted molar refractivity (Wildman–Crippen MR) is 63.9 cm³/mol. The van der Waals surface area contributed by atoms with Crippen LogP contribution in [0.5, 0.6) is 5.75 Å². The largest absolute Gasteiger partial charge is 0.497 e. The first-order chi connectivity index (χ1) is 7.74. The molecule has 2 rings (SSSR count). The van der Waals surface area contributed by atoms with E-state index in [0.717, 1.165) is 17.6 Å². The summed E-state index contributed by atoms with van der Waals surface area (Å²) in [4.78, 5) is 15.5. The molecule has 1 aromatic heterocycles. The van der Waals surface area contributed by atoms with Crippen LogP contribution in [0.4, 0.5) is 5.13 Å². The van der Waals surface area contributed by atoms with Gasteiger partial charge in [0.1, 0.15) is 5.75 Å². The zero-order valence-electron chi connectivity index (χ0n) is 8.64. The maximum absolute atomic E-state index is 10.8. The highest BCUT2D eigenvalue weighted by Crippen LogP contribution is 2.29. The van der Waals surface area contributed by atoms with Crippen molar-refractivity contribution in [3.63, 3.8) is 0 Å². The van der Waals surface area contributed by atoms with E-state index < -0.39 is 0 Å². The van der Waals surface area contributed by atoms with Crippen LogP contribution in [-0.4, -0.2) is 18.4 Å². The number of methoxy groups -OCH3 is 1. The first-order valence-corrected chi connectivity index (χ1v) is 5.42. The van der Waals surface area contributed by atoms with Crippen LogP contribution in [0.3, 0.4) is 0 Å². The van der Waals surface area contributed by atoms with Crippen LogP contribution in [-0.2, 0) is 0 Å². The Morgan fingerprint density at radius 2 is 2.06 bits per heavy atom. The van der Waals surface area contributed by atoms with E-state index in [1.807, 2.05) is 24.3 Å². The number of hydrogen-bond donors (Lipinski definition) is 1. The van der Waals surface area contributed by atoms with E-state index in [1.165, 1.54) is 11.3 Å². The Kier molecular flexibility index (Phi) is 2.87. The number of benzene rings is 1. The van der Waals surface area contributed by atoms with Crippen LogP contribution >= 0.6 is 11.3 Å². The van der Waals surface area contributed by atoms with Crippen LogP contribution in [0.25, 0.3) is 11.3 Å². The number of carbonyl (C=O) groups excluding carboxylic acids is 1. The number of aromatic nitrogens is 1. The predicted octanol–water partition coefficient (Wildman–Crippen LogP) is 2.21. The summed E-state index contributed by atoms with van der Waals surface area (Å²) < 4.78 is 5.05. The molecule has 0 saturated carbocycles. The van der Waals surface area contributed by atoms with Gasteiger partial charge >= 0.3 is 0 Å². The Bertz CT molecular complexity index is 505. The number of thiazole rings is 1. The Labute approximate surface area is 96.7 Å². The zero-order valence-corrected chi connectivity index (χ0v) is 9.45. The minimum Gasteiger partial charge on any atom is -0.497 e. The molecule has 1 heterocycles. The lowest BCUT2D eigenvalue weighted by atomic mass is 10.1. The molecule has 1 aromatic carbocycles. The molecule has 2 aromatic rings. The number of nitrogen functional groups attached to an aromatic ring is 1. The van der Waals surface area contributed by atoms with Crippen molar-refractivity contribution in [2.45, 2.75) is 0 Å². The lowest BCUT2D eigenvalue weighted by Crippen LogP contribution is -1.86. The summed E-state index contributed by atoms with van der Waals surface area (Å²) in [5.74, 6) is 0.764. The Morgan fingerprint density at radius 1 is 1.38 bits per heavy atom. The summed E-state index contributed by atoms with van der Waals surface area (Å²) in [6, 6.07) is 7.33. The molecule has 0 bridgehead atoms. The van der Waals surface area contributed by atoms with Gasteiger partial charge in [0.15, 0.2) is 11.4 Å². The maximum atomic E-state index is 10.8. The maximum Gasteiger partial charge on any atom is 0.181 e. The van der Waals surface area contributed by atoms with Gasteiger partial charge in [-0.25, -0.2) is 4.98 Å². The summed E-state index contributed by atoms with van der Waals surface area (Å²) in [5.41, 5.74) is 7.05. The molecule has 5 heteroatoms. The molecular weight excluding hydrogens is 224 g/mol. The Balaban J connectivity index is 2.45. The molecule has 0 radical (unpaired) electrons. The van der Waals surface area contributed by atoms with Gasteiger partial charge in [0.25, 0.3) is 0 Å². The molecule has 0 spiro atoms. The summed E-state index contributed by atoms with van der Waals surface area (Å²) in [7, 11) is 1.60. The summed E-state index contributed by atoms with van der Waals surface area (Å²) >= 11 is 1.19. The van der Waals surface area contributed by atoms with Gasteiger partial charge in [-0.1, -0.05) is 11.3 Å². The van der Waals surface area contributed by atoms with E-state index in [9.17, 15) is 4.79 Å². The van der Waals surface area contributed by atoms with Crippen LogP contribution in [0.15, 0.2) is 24.3 Å². The normalized spacial score (nSPS) is 10.1.